The molecule has 2 rings (SSSR count). The minimum atomic E-state index is -3.81. The van der Waals surface area contributed by atoms with Gasteiger partial charge in [-0.25, -0.2) is 13.2 Å². The molecule has 0 aliphatic carbocycles. The van der Waals surface area contributed by atoms with Gasteiger partial charge in [0.25, 0.3) is 5.91 Å². The number of nitrogens with one attached hydrogen (secondary N) is 1. The van der Waals surface area contributed by atoms with Gasteiger partial charge in [0, 0.05) is 19.6 Å². The molecule has 162 valence electrons. The summed E-state index contributed by atoms with van der Waals surface area (Å²) in [6.45, 7) is 4.85. The Hall–Kier alpha value is -2.13. The van der Waals surface area contributed by atoms with Gasteiger partial charge in [0.15, 0.2) is 6.61 Å². The number of benzene rings is 1. The first-order chi connectivity index (χ1) is 13.8. The fourth-order valence-corrected chi connectivity index (χ4v) is 4.71. The number of esters is 1. The summed E-state index contributed by atoms with van der Waals surface area (Å²) in [4.78, 5) is 24.0. The van der Waals surface area contributed by atoms with E-state index in [1.54, 1.807) is 0 Å². The van der Waals surface area contributed by atoms with Gasteiger partial charge in [-0.2, -0.15) is 4.31 Å². The van der Waals surface area contributed by atoms with Gasteiger partial charge in [-0.15, -0.1) is 0 Å². The summed E-state index contributed by atoms with van der Waals surface area (Å²) in [5.74, 6) is -0.721. The zero-order valence-electron chi connectivity index (χ0n) is 17.3. The van der Waals surface area contributed by atoms with E-state index in [0.717, 1.165) is 25.7 Å². The summed E-state index contributed by atoms with van der Waals surface area (Å²) < 4.78 is 38.0. The summed E-state index contributed by atoms with van der Waals surface area (Å²) in [7, 11) is -2.43. The van der Waals surface area contributed by atoms with Crippen molar-refractivity contribution in [1.82, 2.24) is 9.62 Å². The Kier molecular flexibility index (Phi) is 8.45. The monoisotopic (exact) mass is 426 g/mol. The molecule has 0 aromatic heterocycles. The SMILES string of the molecule is COc1ccc(C(=O)OCC(=O)NCC(C)C)cc1S(=O)(=O)N1CCCCCC1. The molecule has 0 saturated carbocycles. The molecule has 9 heteroatoms. The molecule has 1 fully saturated rings. The third kappa shape index (κ3) is 6.43. The van der Waals surface area contributed by atoms with Gasteiger partial charge < -0.3 is 14.8 Å². The molecule has 1 saturated heterocycles. The lowest BCUT2D eigenvalue weighted by atomic mass is 10.2. The summed E-state index contributed by atoms with van der Waals surface area (Å²) >= 11 is 0. The highest BCUT2D eigenvalue weighted by atomic mass is 32.2. The van der Waals surface area contributed by atoms with Crippen molar-refractivity contribution in [2.45, 2.75) is 44.4 Å². The molecule has 1 aliphatic heterocycles. The Bertz CT molecular complexity index is 814. The van der Waals surface area contributed by atoms with Gasteiger partial charge in [-0.05, 0) is 37.0 Å². The lowest BCUT2D eigenvalue weighted by Crippen LogP contribution is -2.32. The molecular weight excluding hydrogens is 396 g/mol. The first kappa shape index (κ1) is 23.2. The number of carbonyl (C=O) groups is 2. The van der Waals surface area contributed by atoms with E-state index >= 15 is 0 Å². The second-order valence-corrected chi connectivity index (χ2v) is 9.36. The highest BCUT2D eigenvalue weighted by Crippen LogP contribution is 2.29. The Morgan fingerprint density at radius 1 is 1.14 bits per heavy atom. The van der Waals surface area contributed by atoms with Crippen LogP contribution in [0.25, 0.3) is 0 Å². The number of hydrogen-bond donors (Lipinski definition) is 1. The number of methoxy groups -OCH3 is 1. The molecule has 1 aromatic carbocycles. The van der Waals surface area contributed by atoms with Gasteiger partial charge in [-0.3, -0.25) is 4.79 Å². The predicted octanol–water partition coefficient (Wildman–Crippen LogP) is 2.19. The van der Waals surface area contributed by atoms with Crippen LogP contribution in [0.1, 0.15) is 49.9 Å². The van der Waals surface area contributed by atoms with Gasteiger partial charge in [-0.1, -0.05) is 26.7 Å². The van der Waals surface area contributed by atoms with Crippen LogP contribution in [0, 0.1) is 5.92 Å². The summed E-state index contributed by atoms with van der Waals surface area (Å²) in [5.41, 5.74) is 0.0517. The Balaban J connectivity index is 2.17. The molecule has 0 bridgehead atoms. The van der Waals surface area contributed by atoms with Crippen molar-refractivity contribution in [3.8, 4) is 5.75 Å². The van der Waals surface area contributed by atoms with Gasteiger partial charge >= 0.3 is 5.97 Å². The molecular formula is C20H30N2O6S. The van der Waals surface area contributed by atoms with E-state index in [9.17, 15) is 18.0 Å². The summed E-state index contributed by atoms with van der Waals surface area (Å²) in [5, 5.41) is 2.65. The van der Waals surface area contributed by atoms with Crippen molar-refractivity contribution in [2.75, 3.05) is 33.4 Å². The maximum absolute atomic E-state index is 13.1. The molecule has 1 aliphatic rings. The second kappa shape index (κ2) is 10.6. The lowest BCUT2D eigenvalue weighted by molar-refractivity contribution is -0.124. The highest BCUT2D eigenvalue weighted by molar-refractivity contribution is 7.89. The van der Waals surface area contributed by atoms with Crippen molar-refractivity contribution in [3.05, 3.63) is 23.8 Å². The van der Waals surface area contributed by atoms with Crippen LogP contribution in [0.5, 0.6) is 5.75 Å². The zero-order chi connectivity index (χ0) is 21.4. The van der Waals surface area contributed by atoms with E-state index in [4.69, 9.17) is 9.47 Å². The van der Waals surface area contributed by atoms with Crippen molar-refractivity contribution < 1.29 is 27.5 Å². The number of hydrogen-bond acceptors (Lipinski definition) is 6. The zero-order valence-corrected chi connectivity index (χ0v) is 18.1. The fourth-order valence-electron chi connectivity index (χ4n) is 3.01. The van der Waals surface area contributed by atoms with Crippen molar-refractivity contribution in [1.29, 1.82) is 0 Å². The summed E-state index contributed by atoms with van der Waals surface area (Å²) in [6, 6.07) is 4.11. The number of rotatable bonds is 8. The van der Waals surface area contributed by atoms with Crippen LogP contribution in [-0.2, 0) is 19.6 Å². The molecule has 1 N–H and O–H groups in total. The lowest BCUT2D eigenvalue weighted by Gasteiger charge is -2.21. The smallest absolute Gasteiger partial charge is 0.338 e. The van der Waals surface area contributed by atoms with Crippen molar-refractivity contribution in [3.63, 3.8) is 0 Å². The first-order valence-corrected chi connectivity index (χ1v) is 11.3. The van der Waals surface area contributed by atoms with E-state index in [0.29, 0.717) is 19.6 Å². The van der Waals surface area contributed by atoms with Crippen molar-refractivity contribution in [2.24, 2.45) is 5.92 Å². The minimum Gasteiger partial charge on any atom is -0.495 e. The number of ether oxygens (including phenoxy) is 2. The van der Waals surface area contributed by atoms with E-state index in [2.05, 4.69) is 5.32 Å². The van der Waals surface area contributed by atoms with E-state index in [1.807, 2.05) is 13.8 Å². The fraction of sp³-hybridized carbons (Fsp3) is 0.600. The standard InChI is InChI=1S/C20H30N2O6S/c1-15(2)13-21-19(23)14-28-20(24)16-8-9-17(27-3)18(12-16)29(25,26)22-10-6-4-5-7-11-22/h8-9,12,15H,4-7,10-11,13-14H2,1-3H3,(H,21,23). The quantitative estimate of drug-likeness (QED) is 0.640. The van der Waals surface area contributed by atoms with Crippen LogP contribution in [0.2, 0.25) is 0 Å². The molecule has 1 heterocycles. The molecule has 1 amide bonds. The Labute approximate surface area is 172 Å². The van der Waals surface area contributed by atoms with E-state index in [1.165, 1.54) is 29.6 Å². The summed E-state index contributed by atoms with van der Waals surface area (Å²) in [6.07, 6.45) is 3.59. The van der Waals surface area contributed by atoms with Crippen LogP contribution >= 0.6 is 0 Å². The molecule has 0 unspecified atom stereocenters. The molecule has 0 radical (unpaired) electrons. The number of sulfonamides is 1. The number of amides is 1. The number of carbonyl (C=O) groups excluding carboxylic acids is 2. The van der Waals surface area contributed by atoms with Gasteiger partial charge in [0.2, 0.25) is 10.0 Å². The van der Waals surface area contributed by atoms with Gasteiger partial charge in [0.1, 0.15) is 10.6 Å². The molecule has 0 atom stereocenters. The van der Waals surface area contributed by atoms with Crippen LogP contribution in [0.15, 0.2) is 23.1 Å². The van der Waals surface area contributed by atoms with E-state index in [-0.39, 0.29) is 22.1 Å². The maximum Gasteiger partial charge on any atom is 0.338 e. The predicted molar refractivity (Wildman–Crippen MR) is 108 cm³/mol. The van der Waals surface area contributed by atoms with E-state index < -0.39 is 28.5 Å². The second-order valence-electron chi connectivity index (χ2n) is 7.46. The number of nitrogens with zero attached hydrogens (tertiary/aromatic N) is 1. The van der Waals surface area contributed by atoms with Crippen LogP contribution < -0.4 is 10.1 Å². The topological polar surface area (TPSA) is 102 Å². The Morgan fingerprint density at radius 3 is 2.38 bits per heavy atom. The van der Waals surface area contributed by atoms with Crippen LogP contribution in [0.4, 0.5) is 0 Å². The molecule has 29 heavy (non-hydrogen) atoms. The molecule has 8 nitrogen and oxygen atoms in total. The Morgan fingerprint density at radius 2 is 1.79 bits per heavy atom. The maximum atomic E-state index is 13.1. The highest BCUT2D eigenvalue weighted by Gasteiger charge is 2.29. The molecule has 1 aromatic rings. The van der Waals surface area contributed by atoms with Crippen LogP contribution in [0.3, 0.4) is 0 Å². The normalized spacial score (nSPS) is 15.6. The largest absolute Gasteiger partial charge is 0.495 e. The average Bonchev–Trinajstić information content (AvgIpc) is 3.00. The van der Waals surface area contributed by atoms with Gasteiger partial charge in [0.05, 0.1) is 12.7 Å². The average molecular weight is 427 g/mol. The molecule has 0 spiro atoms. The van der Waals surface area contributed by atoms with Crippen molar-refractivity contribution >= 4 is 21.9 Å². The van der Waals surface area contributed by atoms with Crippen LogP contribution in [-0.4, -0.2) is 58.0 Å². The first-order valence-electron chi connectivity index (χ1n) is 9.87. The minimum absolute atomic E-state index is 0.0517. The third-order valence-corrected chi connectivity index (χ3v) is 6.54. The third-order valence-electron chi connectivity index (χ3n) is 4.62.